The highest BCUT2D eigenvalue weighted by molar-refractivity contribution is 14.1. The Morgan fingerprint density at radius 2 is 2.25 bits per heavy atom. The summed E-state index contributed by atoms with van der Waals surface area (Å²) in [6.07, 6.45) is 1.20. The lowest BCUT2D eigenvalue weighted by Gasteiger charge is -1.84. The first-order valence-corrected chi connectivity index (χ1v) is 4.42. The van der Waals surface area contributed by atoms with Crippen molar-refractivity contribution in [3.05, 3.63) is 9.66 Å². The molecular weight excluding hydrogens is 334 g/mol. The van der Waals surface area contributed by atoms with Crippen molar-refractivity contribution in [3.63, 3.8) is 0 Å². The van der Waals surface area contributed by atoms with Gasteiger partial charge in [-0.25, -0.2) is 4.79 Å². The average Bonchev–Trinajstić information content (AvgIpc) is 1.65. The van der Waals surface area contributed by atoms with Crippen LogP contribution in [0.25, 0.3) is 0 Å². The zero-order valence-corrected chi connectivity index (χ0v) is 8.21. The van der Waals surface area contributed by atoms with Crippen LogP contribution in [0.2, 0.25) is 0 Å². The van der Waals surface area contributed by atoms with Crippen molar-refractivity contribution in [1.82, 2.24) is 0 Å². The molecule has 0 amide bonds. The predicted molar refractivity (Wildman–Crippen MR) is 48.6 cm³/mol. The van der Waals surface area contributed by atoms with E-state index in [1.807, 2.05) is 22.6 Å². The van der Waals surface area contributed by atoms with E-state index in [2.05, 4.69) is 22.6 Å². The zero-order chi connectivity index (χ0) is 6.57. The molecule has 0 aliphatic rings. The first kappa shape index (κ1) is 8.67. The topological polar surface area (TPSA) is 37.3 Å². The van der Waals surface area contributed by atoms with Gasteiger partial charge < -0.3 is 5.11 Å². The lowest BCUT2D eigenvalue weighted by molar-refractivity contribution is -0.131. The summed E-state index contributed by atoms with van der Waals surface area (Å²) in [6.45, 7) is 0. The van der Waals surface area contributed by atoms with E-state index in [1.54, 1.807) is 0 Å². The van der Waals surface area contributed by atoms with Gasteiger partial charge in [-0.3, -0.25) is 0 Å². The van der Waals surface area contributed by atoms with E-state index < -0.39 is 5.97 Å². The SMILES string of the molecule is O=C(O)/C=C(/I)CI. The molecule has 0 aliphatic heterocycles. The minimum absolute atomic E-state index is 0.768. The fourth-order valence-electron chi connectivity index (χ4n) is 0.173. The molecule has 0 spiro atoms. The van der Waals surface area contributed by atoms with Gasteiger partial charge in [-0.15, -0.1) is 0 Å². The number of hydrogen-bond acceptors (Lipinski definition) is 1. The van der Waals surface area contributed by atoms with Crippen LogP contribution in [0.3, 0.4) is 0 Å². The molecule has 1 N–H and O–H groups in total. The van der Waals surface area contributed by atoms with Crippen molar-refractivity contribution < 1.29 is 9.90 Å². The van der Waals surface area contributed by atoms with Crippen molar-refractivity contribution in [3.8, 4) is 0 Å². The highest BCUT2D eigenvalue weighted by atomic mass is 127. The molecule has 0 rings (SSSR count). The van der Waals surface area contributed by atoms with Gasteiger partial charge >= 0.3 is 5.97 Å². The van der Waals surface area contributed by atoms with Gasteiger partial charge in [0, 0.05) is 14.1 Å². The third-order valence-electron chi connectivity index (χ3n) is 0.408. The van der Waals surface area contributed by atoms with Crippen LogP contribution in [0.5, 0.6) is 0 Å². The quantitative estimate of drug-likeness (QED) is 0.474. The summed E-state index contributed by atoms with van der Waals surface area (Å²) in [5, 5.41) is 8.13. The van der Waals surface area contributed by atoms with Gasteiger partial charge in [-0.2, -0.15) is 0 Å². The third-order valence-corrected chi connectivity index (χ3v) is 3.38. The van der Waals surface area contributed by atoms with E-state index in [9.17, 15) is 4.79 Å². The summed E-state index contributed by atoms with van der Waals surface area (Å²) < 4.78 is 1.63. The van der Waals surface area contributed by atoms with Gasteiger partial charge in [-0.1, -0.05) is 22.6 Å². The highest BCUT2D eigenvalue weighted by Gasteiger charge is 1.90. The zero-order valence-electron chi connectivity index (χ0n) is 3.90. The maximum Gasteiger partial charge on any atom is 0.329 e. The lowest BCUT2D eigenvalue weighted by Crippen LogP contribution is -1.87. The van der Waals surface area contributed by atoms with Crippen molar-refractivity contribution in [2.24, 2.45) is 0 Å². The number of aliphatic carboxylic acids is 1. The summed E-state index contributed by atoms with van der Waals surface area (Å²) in [4.78, 5) is 9.88. The number of carboxylic acids is 1. The number of hydrogen-bond donors (Lipinski definition) is 1. The number of allylic oxidation sites excluding steroid dienone is 1. The molecule has 0 heterocycles. The fraction of sp³-hybridized carbons (Fsp3) is 0.250. The van der Waals surface area contributed by atoms with Crippen LogP contribution in [0, 0.1) is 0 Å². The summed E-state index contributed by atoms with van der Waals surface area (Å²) in [5.74, 6) is -0.869. The monoisotopic (exact) mass is 338 g/mol. The van der Waals surface area contributed by atoms with Gasteiger partial charge in [0.05, 0.1) is 0 Å². The second-order valence-corrected chi connectivity index (χ2v) is 3.21. The van der Waals surface area contributed by atoms with E-state index in [1.165, 1.54) is 6.08 Å². The van der Waals surface area contributed by atoms with Crippen molar-refractivity contribution in [2.45, 2.75) is 0 Å². The molecule has 0 fully saturated rings. The predicted octanol–water partition coefficient (Wildman–Crippen LogP) is 1.82. The maximum absolute atomic E-state index is 9.88. The van der Waals surface area contributed by atoms with Gasteiger partial charge in [0.25, 0.3) is 0 Å². The minimum atomic E-state index is -0.869. The first-order valence-electron chi connectivity index (χ1n) is 1.81. The molecule has 0 atom stereocenters. The Bertz CT molecular complexity index is 119. The second-order valence-electron chi connectivity index (χ2n) is 1.06. The number of halogens is 2. The van der Waals surface area contributed by atoms with Crippen LogP contribution in [0.1, 0.15) is 0 Å². The van der Waals surface area contributed by atoms with Crippen LogP contribution in [-0.2, 0) is 4.79 Å². The Balaban J connectivity index is 3.75. The molecular formula is C4H4I2O2. The molecule has 0 aromatic rings. The Morgan fingerprint density at radius 1 is 1.75 bits per heavy atom. The second kappa shape index (κ2) is 4.54. The average molecular weight is 338 g/mol. The lowest BCUT2D eigenvalue weighted by atomic mass is 10.5. The van der Waals surface area contributed by atoms with Crippen LogP contribution in [-0.4, -0.2) is 15.5 Å². The Hall–Kier alpha value is 0.670. The van der Waals surface area contributed by atoms with E-state index in [-0.39, 0.29) is 0 Å². The van der Waals surface area contributed by atoms with Gasteiger partial charge in [0.1, 0.15) is 0 Å². The van der Waals surface area contributed by atoms with Crippen molar-refractivity contribution in [2.75, 3.05) is 4.43 Å². The van der Waals surface area contributed by atoms with Crippen LogP contribution in [0.4, 0.5) is 0 Å². The molecule has 0 saturated heterocycles. The first-order chi connectivity index (χ1) is 3.66. The largest absolute Gasteiger partial charge is 0.478 e. The van der Waals surface area contributed by atoms with E-state index >= 15 is 0 Å². The molecule has 46 valence electrons. The number of alkyl halides is 1. The number of carboxylic acid groups (broad SMARTS) is 1. The van der Waals surface area contributed by atoms with Crippen LogP contribution in [0.15, 0.2) is 9.66 Å². The smallest absolute Gasteiger partial charge is 0.329 e. The number of carbonyl (C=O) groups is 1. The molecule has 0 unspecified atom stereocenters. The highest BCUT2D eigenvalue weighted by Crippen LogP contribution is 2.08. The van der Waals surface area contributed by atoms with E-state index in [4.69, 9.17) is 5.11 Å². The molecule has 0 saturated carbocycles. The fourth-order valence-corrected chi connectivity index (χ4v) is 0.659. The normalized spacial score (nSPS) is 11.5. The maximum atomic E-state index is 9.88. The van der Waals surface area contributed by atoms with Gasteiger partial charge in [0.2, 0.25) is 0 Å². The molecule has 2 nitrogen and oxygen atoms in total. The minimum Gasteiger partial charge on any atom is -0.478 e. The summed E-state index contributed by atoms with van der Waals surface area (Å²) in [6, 6.07) is 0. The number of rotatable bonds is 2. The molecule has 8 heavy (non-hydrogen) atoms. The summed E-state index contributed by atoms with van der Waals surface area (Å²) in [7, 11) is 0. The van der Waals surface area contributed by atoms with Gasteiger partial charge in [0.15, 0.2) is 0 Å². The van der Waals surface area contributed by atoms with Crippen molar-refractivity contribution in [1.29, 1.82) is 0 Å². The standard InChI is InChI=1S/C4H4I2O2/c5-2-3(6)1-4(7)8/h1H,2H2,(H,7,8)/b3-1+. The molecule has 0 aliphatic carbocycles. The third kappa shape index (κ3) is 4.82. The Kier molecular flexibility index (Phi) is 4.92. The summed E-state index contributed by atoms with van der Waals surface area (Å²) >= 11 is 4.10. The van der Waals surface area contributed by atoms with Crippen LogP contribution < -0.4 is 0 Å². The Morgan fingerprint density at radius 3 is 2.38 bits per heavy atom. The van der Waals surface area contributed by atoms with Crippen molar-refractivity contribution >= 4 is 51.2 Å². The van der Waals surface area contributed by atoms with E-state index in [0.29, 0.717) is 0 Å². The Labute approximate surface area is 74.6 Å². The van der Waals surface area contributed by atoms with Gasteiger partial charge in [-0.05, 0) is 22.6 Å². The van der Waals surface area contributed by atoms with E-state index in [0.717, 1.165) is 8.01 Å². The molecule has 0 radical (unpaired) electrons. The molecule has 0 aromatic carbocycles. The molecule has 4 heteroatoms. The van der Waals surface area contributed by atoms with Crippen LogP contribution >= 0.6 is 45.2 Å². The molecule has 0 aromatic heterocycles. The summed E-state index contributed by atoms with van der Waals surface area (Å²) in [5.41, 5.74) is 0. The molecule has 0 bridgehead atoms.